The van der Waals surface area contributed by atoms with E-state index in [9.17, 15) is 0 Å². The van der Waals surface area contributed by atoms with E-state index in [2.05, 4.69) is 52.5 Å². The van der Waals surface area contributed by atoms with Gasteiger partial charge in [-0.1, -0.05) is 53.2 Å². The zero-order chi connectivity index (χ0) is 15.0. The summed E-state index contributed by atoms with van der Waals surface area (Å²) >= 11 is 0. The van der Waals surface area contributed by atoms with Gasteiger partial charge in [0.15, 0.2) is 0 Å². The van der Waals surface area contributed by atoms with Crippen molar-refractivity contribution in [2.24, 2.45) is 16.7 Å². The zero-order valence-corrected chi connectivity index (χ0v) is 14.6. The van der Waals surface area contributed by atoms with Crippen molar-refractivity contribution in [1.29, 1.82) is 0 Å². The number of likely N-dealkylation sites (tertiary alicyclic amines) is 1. The third-order valence-electron chi connectivity index (χ3n) is 5.56. The average molecular weight is 277 g/mol. The van der Waals surface area contributed by atoms with Gasteiger partial charge in [0, 0.05) is 12.6 Å². The van der Waals surface area contributed by atoms with Crippen molar-refractivity contribution in [3.8, 4) is 0 Å². The molecule has 2 unspecified atom stereocenters. The van der Waals surface area contributed by atoms with E-state index in [1.165, 1.54) is 45.2 Å². The van der Waals surface area contributed by atoms with E-state index >= 15 is 0 Å². The fraction of sp³-hybridized carbons (Fsp3) is 0.895. The summed E-state index contributed by atoms with van der Waals surface area (Å²) in [4.78, 5) is 2.80. The van der Waals surface area contributed by atoms with Gasteiger partial charge in [-0.2, -0.15) is 0 Å². The smallest absolute Gasteiger partial charge is 0.0101 e. The number of hydrogen-bond acceptors (Lipinski definition) is 1. The summed E-state index contributed by atoms with van der Waals surface area (Å²) in [5.74, 6) is 0.890. The van der Waals surface area contributed by atoms with Crippen LogP contribution >= 0.6 is 0 Å². The lowest BCUT2D eigenvalue weighted by Gasteiger charge is -2.31. The summed E-state index contributed by atoms with van der Waals surface area (Å²) in [7, 11) is 0. The van der Waals surface area contributed by atoms with E-state index < -0.39 is 0 Å². The first-order valence-corrected chi connectivity index (χ1v) is 8.61. The Morgan fingerprint density at radius 1 is 1.00 bits per heavy atom. The van der Waals surface area contributed by atoms with Crippen molar-refractivity contribution in [2.75, 3.05) is 13.1 Å². The minimum absolute atomic E-state index is 0.369. The van der Waals surface area contributed by atoms with Gasteiger partial charge in [-0.05, 0) is 55.4 Å². The van der Waals surface area contributed by atoms with Crippen LogP contribution in [0.5, 0.6) is 0 Å². The van der Waals surface area contributed by atoms with E-state index in [1.807, 2.05) is 0 Å². The van der Waals surface area contributed by atoms with Crippen LogP contribution in [-0.4, -0.2) is 24.0 Å². The van der Waals surface area contributed by atoms with Gasteiger partial charge in [0.05, 0.1) is 0 Å². The molecule has 116 valence electrons. The molecule has 0 aromatic carbocycles. The Labute approximate surface area is 126 Å². The SMILES string of the molecule is CC(C)(C)C1=CCCC(N2CCC(C(C)(C)C)C2)CC1. The molecule has 0 spiro atoms. The van der Waals surface area contributed by atoms with E-state index in [-0.39, 0.29) is 0 Å². The number of allylic oxidation sites excluding steroid dienone is 2. The molecule has 0 saturated carbocycles. The Morgan fingerprint density at radius 3 is 2.25 bits per heavy atom. The molecule has 0 bridgehead atoms. The zero-order valence-electron chi connectivity index (χ0n) is 14.6. The van der Waals surface area contributed by atoms with Crippen LogP contribution in [0.1, 0.15) is 73.6 Å². The van der Waals surface area contributed by atoms with Crippen molar-refractivity contribution < 1.29 is 0 Å². The molecule has 20 heavy (non-hydrogen) atoms. The molecule has 1 saturated heterocycles. The summed E-state index contributed by atoms with van der Waals surface area (Å²) in [5.41, 5.74) is 2.54. The second-order valence-electron chi connectivity index (χ2n) is 9.10. The van der Waals surface area contributed by atoms with Crippen molar-refractivity contribution in [3.05, 3.63) is 11.6 Å². The molecular formula is C19H35N. The van der Waals surface area contributed by atoms with Crippen LogP contribution in [0.3, 0.4) is 0 Å². The van der Waals surface area contributed by atoms with Crippen LogP contribution in [-0.2, 0) is 0 Å². The van der Waals surface area contributed by atoms with Gasteiger partial charge < -0.3 is 4.90 Å². The highest BCUT2D eigenvalue weighted by Crippen LogP contribution is 2.38. The normalized spacial score (nSPS) is 30.2. The monoisotopic (exact) mass is 277 g/mol. The first-order chi connectivity index (χ1) is 9.18. The van der Waals surface area contributed by atoms with Crippen LogP contribution in [0, 0.1) is 16.7 Å². The number of nitrogens with zero attached hydrogens (tertiary/aromatic N) is 1. The molecule has 0 amide bonds. The van der Waals surface area contributed by atoms with Crippen LogP contribution < -0.4 is 0 Å². The van der Waals surface area contributed by atoms with E-state index in [4.69, 9.17) is 0 Å². The summed E-state index contributed by atoms with van der Waals surface area (Å²) in [6.45, 7) is 17.0. The summed E-state index contributed by atoms with van der Waals surface area (Å²) in [6, 6.07) is 0.832. The second-order valence-corrected chi connectivity index (χ2v) is 9.10. The first kappa shape index (κ1) is 16.1. The summed E-state index contributed by atoms with van der Waals surface area (Å²) in [6.07, 6.45) is 9.28. The highest BCUT2D eigenvalue weighted by atomic mass is 15.2. The highest BCUT2D eigenvalue weighted by Gasteiger charge is 2.35. The Hall–Kier alpha value is -0.300. The average Bonchev–Trinajstić information content (AvgIpc) is 2.66. The van der Waals surface area contributed by atoms with E-state index in [1.54, 1.807) is 5.57 Å². The molecule has 1 nitrogen and oxygen atoms in total. The molecule has 2 atom stereocenters. The quantitative estimate of drug-likeness (QED) is 0.590. The Kier molecular flexibility index (Phi) is 4.69. The molecule has 1 heteroatoms. The van der Waals surface area contributed by atoms with Gasteiger partial charge in [0.2, 0.25) is 0 Å². The molecule has 1 fully saturated rings. The van der Waals surface area contributed by atoms with Crippen molar-refractivity contribution in [1.82, 2.24) is 4.90 Å². The van der Waals surface area contributed by atoms with Crippen LogP contribution in [0.4, 0.5) is 0 Å². The van der Waals surface area contributed by atoms with Gasteiger partial charge in [-0.3, -0.25) is 0 Å². The lowest BCUT2D eigenvalue weighted by atomic mass is 9.80. The predicted octanol–water partition coefficient (Wildman–Crippen LogP) is 5.27. The van der Waals surface area contributed by atoms with Crippen LogP contribution in [0.2, 0.25) is 0 Å². The maximum atomic E-state index is 2.80. The third-order valence-corrected chi connectivity index (χ3v) is 5.56. The maximum Gasteiger partial charge on any atom is 0.0101 e. The molecule has 1 heterocycles. The molecule has 0 aromatic heterocycles. The standard InChI is InChI=1S/C19H35N/c1-18(2,3)15-8-7-9-17(11-10-15)20-13-12-16(14-20)19(4,5)6/h8,16-17H,7,9-14H2,1-6H3. The minimum atomic E-state index is 0.369. The predicted molar refractivity (Wildman–Crippen MR) is 88.9 cm³/mol. The van der Waals surface area contributed by atoms with Crippen LogP contribution in [0.25, 0.3) is 0 Å². The largest absolute Gasteiger partial charge is 0.300 e. The Morgan fingerprint density at radius 2 is 1.70 bits per heavy atom. The molecule has 0 aromatic rings. The van der Waals surface area contributed by atoms with Crippen molar-refractivity contribution >= 4 is 0 Å². The van der Waals surface area contributed by atoms with E-state index in [0.29, 0.717) is 10.8 Å². The summed E-state index contributed by atoms with van der Waals surface area (Å²) < 4.78 is 0. The van der Waals surface area contributed by atoms with Gasteiger partial charge in [0.25, 0.3) is 0 Å². The third kappa shape index (κ3) is 3.87. The van der Waals surface area contributed by atoms with Gasteiger partial charge in [-0.15, -0.1) is 0 Å². The number of rotatable bonds is 1. The van der Waals surface area contributed by atoms with Gasteiger partial charge in [-0.25, -0.2) is 0 Å². The second kappa shape index (κ2) is 5.83. The fourth-order valence-electron chi connectivity index (χ4n) is 3.89. The van der Waals surface area contributed by atoms with Crippen molar-refractivity contribution in [2.45, 2.75) is 79.7 Å². The van der Waals surface area contributed by atoms with Crippen molar-refractivity contribution in [3.63, 3.8) is 0 Å². The molecule has 1 aliphatic heterocycles. The minimum Gasteiger partial charge on any atom is -0.300 e. The molecule has 0 radical (unpaired) electrons. The summed E-state index contributed by atoms with van der Waals surface area (Å²) in [5, 5.41) is 0. The van der Waals surface area contributed by atoms with Crippen LogP contribution in [0.15, 0.2) is 11.6 Å². The molecular weight excluding hydrogens is 242 g/mol. The lowest BCUT2D eigenvalue weighted by Crippen LogP contribution is -2.34. The number of hydrogen-bond donors (Lipinski definition) is 0. The van der Waals surface area contributed by atoms with Gasteiger partial charge in [0.1, 0.15) is 0 Å². The lowest BCUT2D eigenvalue weighted by molar-refractivity contribution is 0.182. The molecule has 1 aliphatic carbocycles. The molecule has 2 rings (SSSR count). The first-order valence-electron chi connectivity index (χ1n) is 8.61. The molecule has 2 aliphatic rings. The topological polar surface area (TPSA) is 3.24 Å². The van der Waals surface area contributed by atoms with E-state index in [0.717, 1.165) is 12.0 Å². The van der Waals surface area contributed by atoms with Gasteiger partial charge >= 0.3 is 0 Å². The fourth-order valence-corrected chi connectivity index (χ4v) is 3.89. The maximum absolute atomic E-state index is 2.80. The highest BCUT2D eigenvalue weighted by molar-refractivity contribution is 5.13. The Bertz CT molecular complexity index is 353. The molecule has 0 N–H and O–H groups in total. The Balaban J connectivity index is 1.91.